The number of halogens is 6. The summed E-state index contributed by atoms with van der Waals surface area (Å²) in [5, 5.41) is 0. The topological polar surface area (TPSA) is 9.23 Å². The summed E-state index contributed by atoms with van der Waals surface area (Å²) < 4.78 is 70.2. The third-order valence-corrected chi connectivity index (χ3v) is 3.43. The van der Waals surface area contributed by atoms with Crippen molar-refractivity contribution >= 4 is 22.6 Å². The minimum absolute atomic E-state index is 0.230. The van der Waals surface area contributed by atoms with Crippen LogP contribution in [0.2, 0.25) is 0 Å². The van der Waals surface area contributed by atoms with Crippen molar-refractivity contribution in [2.24, 2.45) is 0 Å². The lowest BCUT2D eigenvalue weighted by atomic mass is 10.2. The minimum Gasteiger partial charge on any atom is -0.483 e. The Bertz CT molecular complexity index is 640. The Kier molecular flexibility index (Phi) is 4.70. The molecule has 0 amide bonds. The molecule has 0 aliphatic carbocycles. The fraction of sp³-hybridized carbons (Fsp3) is 0.143. The fourth-order valence-electron chi connectivity index (χ4n) is 1.64. The fourth-order valence-corrected chi connectivity index (χ4v) is 2.20. The van der Waals surface area contributed by atoms with Crippen LogP contribution in [0.4, 0.5) is 22.0 Å². The molecule has 2 rings (SSSR count). The molecule has 0 aliphatic rings. The van der Waals surface area contributed by atoms with Gasteiger partial charge in [0.15, 0.2) is 17.4 Å². The Morgan fingerprint density at radius 1 is 1.00 bits per heavy atom. The summed E-state index contributed by atoms with van der Waals surface area (Å²) in [5.74, 6) is -3.90. The molecule has 2 aromatic carbocycles. The molecule has 0 bridgehead atoms. The van der Waals surface area contributed by atoms with Gasteiger partial charge in [-0.05, 0) is 34.2 Å². The zero-order chi connectivity index (χ0) is 15.6. The number of rotatable bonds is 3. The number of hydrogen-bond donors (Lipinski definition) is 0. The zero-order valence-electron chi connectivity index (χ0n) is 10.3. The molecule has 2 aromatic rings. The molecule has 0 atom stereocenters. The van der Waals surface area contributed by atoms with Gasteiger partial charge in [0, 0.05) is 0 Å². The van der Waals surface area contributed by atoms with Gasteiger partial charge >= 0.3 is 6.18 Å². The van der Waals surface area contributed by atoms with Gasteiger partial charge in [-0.25, -0.2) is 8.78 Å². The lowest BCUT2D eigenvalue weighted by Crippen LogP contribution is -2.12. The predicted molar refractivity (Wildman–Crippen MR) is 74.9 cm³/mol. The number of alkyl halides is 3. The SMILES string of the molecule is Fc1c(I)cc(C(F)(F)F)c(F)c1OCc1ccccc1. The van der Waals surface area contributed by atoms with E-state index in [2.05, 4.69) is 0 Å². The van der Waals surface area contributed by atoms with Crippen LogP contribution in [0, 0.1) is 15.2 Å². The Morgan fingerprint density at radius 3 is 2.19 bits per heavy atom. The quantitative estimate of drug-likeness (QED) is 0.383. The van der Waals surface area contributed by atoms with E-state index in [1.807, 2.05) is 0 Å². The highest BCUT2D eigenvalue weighted by atomic mass is 127. The van der Waals surface area contributed by atoms with Gasteiger partial charge < -0.3 is 4.74 Å². The van der Waals surface area contributed by atoms with Crippen molar-refractivity contribution in [1.82, 2.24) is 0 Å². The van der Waals surface area contributed by atoms with Gasteiger partial charge in [0.2, 0.25) is 0 Å². The minimum atomic E-state index is -4.91. The summed E-state index contributed by atoms with van der Waals surface area (Å²) in [4.78, 5) is 0. The highest BCUT2D eigenvalue weighted by Gasteiger charge is 2.37. The monoisotopic (exact) mass is 414 g/mol. The molecular formula is C14H8F5IO. The average Bonchev–Trinajstić information content (AvgIpc) is 2.42. The van der Waals surface area contributed by atoms with E-state index in [9.17, 15) is 22.0 Å². The molecule has 0 fully saturated rings. The predicted octanol–water partition coefficient (Wildman–Crippen LogP) is 5.17. The molecule has 0 spiro atoms. The van der Waals surface area contributed by atoms with Gasteiger partial charge in [-0.3, -0.25) is 0 Å². The van der Waals surface area contributed by atoms with E-state index >= 15 is 0 Å². The Balaban J connectivity index is 2.36. The van der Waals surface area contributed by atoms with Gasteiger partial charge in [0.1, 0.15) is 6.61 Å². The highest BCUT2D eigenvalue weighted by Crippen LogP contribution is 2.38. The van der Waals surface area contributed by atoms with Crippen molar-refractivity contribution in [3.63, 3.8) is 0 Å². The Morgan fingerprint density at radius 2 is 1.62 bits per heavy atom. The van der Waals surface area contributed by atoms with E-state index in [0.29, 0.717) is 11.6 Å². The molecule has 0 heterocycles. The second-order valence-electron chi connectivity index (χ2n) is 4.14. The van der Waals surface area contributed by atoms with Crippen LogP contribution in [0.5, 0.6) is 5.75 Å². The first-order chi connectivity index (χ1) is 9.80. The second kappa shape index (κ2) is 6.17. The summed E-state index contributed by atoms with van der Waals surface area (Å²) >= 11 is 1.36. The Hall–Kier alpha value is -1.38. The van der Waals surface area contributed by atoms with Crippen molar-refractivity contribution in [3.8, 4) is 5.75 Å². The van der Waals surface area contributed by atoms with Crippen LogP contribution < -0.4 is 4.74 Å². The molecule has 0 radical (unpaired) electrons. The van der Waals surface area contributed by atoms with Crippen molar-refractivity contribution in [3.05, 3.63) is 62.7 Å². The summed E-state index contributed by atoms with van der Waals surface area (Å²) in [6.45, 7) is -0.230. The summed E-state index contributed by atoms with van der Waals surface area (Å²) in [7, 11) is 0. The maximum absolute atomic E-state index is 13.8. The first-order valence-electron chi connectivity index (χ1n) is 5.72. The zero-order valence-corrected chi connectivity index (χ0v) is 12.5. The van der Waals surface area contributed by atoms with Gasteiger partial charge in [0.05, 0.1) is 9.13 Å². The van der Waals surface area contributed by atoms with Crippen LogP contribution in [0.1, 0.15) is 11.1 Å². The third kappa shape index (κ3) is 3.63. The molecule has 7 heteroatoms. The van der Waals surface area contributed by atoms with Crippen LogP contribution >= 0.6 is 22.6 Å². The van der Waals surface area contributed by atoms with Crippen molar-refractivity contribution < 1.29 is 26.7 Å². The lowest BCUT2D eigenvalue weighted by molar-refractivity contribution is -0.140. The first kappa shape index (κ1) is 16.0. The van der Waals surface area contributed by atoms with E-state index in [-0.39, 0.29) is 10.2 Å². The van der Waals surface area contributed by atoms with Crippen LogP contribution in [0.15, 0.2) is 36.4 Å². The number of ether oxygens (including phenoxy) is 1. The normalized spacial score (nSPS) is 11.5. The number of benzene rings is 2. The molecule has 0 aliphatic heterocycles. The maximum atomic E-state index is 13.8. The lowest BCUT2D eigenvalue weighted by Gasteiger charge is -2.14. The largest absolute Gasteiger partial charge is 0.483 e. The Labute approximate surface area is 130 Å². The molecule has 0 unspecified atom stereocenters. The third-order valence-electron chi connectivity index (χ3n) is 2.65. The van der Waals surface area contributed by atoms with E-state index in [0.717, 1.165) is 0 Å². The molecule has 0 aromatic heterocycles. The molecule has 0 saturated heterocycles. The molecule has 0 N–H and O–H groups in total. The van der Waals surface area contributed by atoms with Crippen molar-refractivity contribution in [2.45, 2.75) is 12.8 Å². The second-order valence-corrected chi connectivity index (χ2v) is 5.30. The van der Waals surface area contributed by atoms with E-state index < -0.39 is 29.1 Å². The van der Waals surface area contributed by atoms with Gasteiger partial charge in [-0.15, -0.1) is 0 Å². The molecule has 21 heavy (non-hydrogen) atoms. The maximum Gasteiger partial charge on any atom is 0.419 e. The van der Waals surface area contributed by atoms with Crippen molar-refractivity contribution in [1.29, 1.82) is 0 Å². The van der Waals surface area contributed by atoms with Gasteiger partial charge in [0.25, 0.3) is 0 Å². The van der Waals surface area contributed by atoms with E-state index in [4.69, 9.17) is 4.74 Å². The summed E-state index contributed by atoms with van der Waals surface area (Å²) in [6.07, 6.45) is -4.91. The van der Waals surface area contributed by atoms with Crippen LogP contribution in [0.25, 0.3) is 0 Å². The molecular weight excluding hydrogens is 406 g/mol. The van der Waals surface area contributed by atoms with E-state index in [1.54, 1.807) is 30.3 Å². The van der Waals surface area contributed by atoms with Gasteiger partial charge in [-0.1, -0.05) is 30.3 Å². The molecule has 112 valence electrons. The summed E-state index contributed by atoms with van der Waals surface area (Å²) in [5.41, 5.74) is -0.958. The average molecular weight is 414 g/mol. The van der Waals surface area contributed by atoms with Crippen LogP contribution in [-0.4, -0.2) is 0 Å². The first-order valence-corrected chi connectivity index (χ1v) is 6.80. The van der Waals surface area contributed by atoms with Gasteiger partial charge in [-0.2, -0.15) is 13.2 Å². The summed E-state index contributed by atoms with van der Waals surface area (Å²) in [6, 6.07) is 8.78. The van der Waals surface area contributed by atoms with Crippen LogP contribution in [0.3, 0.4) is 0 Å². The number of hydrogen-bond acceptors (Lipinski definition) is 1. The van der Waals surface area contributed by atoms with Crippen molar-refractivity contribution in [2.75, 3.05) is 0 Å². The van der Waals surface area contributed by atoms with E-state index in [1.165, 1.54) is 22.6 Å². The van der Waals surface area contributed by atoms with Crippen LogP contribution in [-0.2, 0) is 12.8 Å². The highest BCUT2D eigenvalue weighted by molar-refractivity contribution is 14.1. The standard InChI is InChI=1S/C14H8F5IO/c15-11-9(14(17,18)19)6-10(20)12(16)13(11)21-7-8-4-2-1-3-5-8/h1-6H,7H2. The molecule has 0 saturated carbocycles. The smallest absolute Gasteiger partial charge is 0.419 e. The molecule has 1 nitrogen and oxygen atoms in total.